The summed E-state index contributed by atoms with van der Waals surface area (Å²) in [5, 5.41) is 2.83. The van der Waals surface area contributed by atoms with Crippen LogP contribution in [-0.2, 0) is 0 Å². The Kier molecular flexibility index (Phi) is 6.07. The highest BCUT2D eigenvalue weighted by atomic mass is 19.4. The molecular formula is C8H17F3N2. The van der Waals surface area contributed by atoms with Gasteiger partial charge in [0.15, 0.2) is 0 Å². The lowest BCUT2D eigenvalue weighted by Gasteiger charge is -2.22. The van der Waals surface area contributed by atoms with Crippen molar-refractivity contribution in [3.63, 3.8) is 0 Å². The van der Waals surface area contributed by atoms with Crippen LogP contribution in [0.4, 0.5) is 13.2 Å². The molecule has 0 unspecified atom stereocenters. The zero-order valence-electron chi connectivity index (χ0n) is 8.12. The van der Waals surface area contributed by atoms with Crippen LogP contribution < -0.4 is 5.32 Å². The average molecular weight is 198 g/mol. The lowest BCUT2D eigenvalue weighted by atomic mass is 10.4. The molecule has 0 aromatic heterocycles. The summed E-state index contributed by atoms with van der Waals surface area (Å²) < 4.78 is 36.0. The second-order valence-electron chi connectivity index (χ2n) is 2.99. The fourth-order valence-corrected chi connectivity index (χ4v) is 1.11. The first-order valence-electron chi connectivity index (χ1n) is 4.43. The van der Waals surface area contributed by atoms with Crippen molar-refractivity contribution in [3.05, 3.63) is 0 Å². The summed E-state index contributed by atoms with van der Waals surface area (Å²) in [6.07, 6.45) is -3.33. The third kappa shape index (κ3) is 8.05. The van der Waals surface area contributed by atoms with Crippen LogP contribution in [0.2, 0.25) is 0 Å². The summed E-state index contributed by atoms with van der Waals surface area (Å²) >= 11 is 0. The highest BCUT2D eigenvalue weighted by Crippen LogP contribution is 2.16. The van der Waals surface area contributed by atoms with Gasteiger partial charge in [-0.15, -0.1) is 0 Å². The summed E-state index contributed by atoms with van der Waals surface area (Å²) in [5.41, 5.74) is 0. The predicted octanol–water partition coefficient (Wildman–Crippen LogP) is 1.48. The van der Waals surface area contributed by atoms with E-state index in [0.29, 0.717) is 19.6 Å². The summed E-state index contributed by atoms with van der Waals surface area (Å²) in [6.45, 7) is 2.62. The van der Waals surface area contributed by atoms with Gasteiger partial charge < -0.3 is 5.32 Å². The fourth-order valence-electron chi connectivity index (χ4n) is 1.11. The number of rotatable bonds is 6. The number of nitrogens with zero attached hydrogens (tertiary/aromatic N) is 1. The molecule has 2 nitrogen and oxygen atoms in total. The largest absolute Gasteiger partial charge is 0.401 e. The fraction of sp³-hybridized carbons (Fsp3) is 1.00. The SMILES string of the molecule is CCCN(CCNC)CC(F)(F)F. The topological polar surface area (TPSA) is 15.3 Å². The first-order chi connectivity index (χ1) is 5.99. The van der Waals surface area contributed by atoms with E-state index in [1.54, 1.807) is 7.05 Å². The summed E-state index contributed by atoms with van der Waals surface area (Å²) in [5.74, 6) is 0. The van der Waals surface area contributed by atoms with Crippen LogP contribution >= 0.6 is 0 Å². The van der Waals surface area contributed by atoms with E-state index in [1.807, 2.05) is 6.92 Å². The Morgan fingerprint density at radius 1 is 1.23 bits per heavy atom. The van der Waals surface area contributed by atoms with E-state index in [1.165, 1.54) is 4.90 Å². The minimum Gasteiger partial charge on any atom is -0.318 e. The Hall–Kier alpha value is -0.290. The summed E-state index contributed by atoms with van der Waals surface area (Å²) in [6, 6.07) is 0. The molecule has 0 aromatic rings. The van der Waals surface area contributed by atoms with Gasteiger partial charge in [0.1, 0.15) is 0 Å². The molecule has 0 saturated carbocycles. The van der Waals surface area contributed by atoms with Crippen molar-refractivity contribution in [2.45, 2.75) is 19.5 Å². The first kappa shape index (κ1) is 12.7. The zero-order chi connectivity index (χ0) is 10.3. The van der Waals surface area contributed by atoms with E-state index in [9.17, 15) is 13.2 Å². The van der Waals surface area contributed by atoms with Crippen molar-refractivity contribution in [2.24, 2.45) is 0 Å². The maximum absolute atomic E-state index is 12.0. The van der Waals surface area contributed by atoms with Crippen molar-refractivity contribution >= 4 is 0 Å². The van der Waals surface area contributed by atoms with Gasteiger partial charge in [-0.3, -0.25) is 4.90 Å². The lowest BCUT2D eigenvalue weighted by molar-refractivity contribution is -0.145. The van der Waals surface area contributed by atoms with E-state index < -0.39 is 12.7 Å². The third-order valence-corrected chi connectivity index (χ3v) is 1.62. The maximum Gasteiger partial charge on any atom is 0.401 e. The Bertz CT molecular complexity index is 125. The van der Waals surface area contributed by atoms with Crippen molar-refractivity contribution in [3.8, 4) is 0 Å². The van der Waals surface area contributed by atoms with Gasteiger partial charge >= 0.3 is 6.18 Å². The highest BCUT2D eigenvalue weighted by Gasteiger charge is 2.29. The molecule has 1 N–H and O–H groups in total. The van der Waals surface area contributed by atoms with Gasteiger partial charge in [-0.1, -0.05) is 6.92 Å². The molecule has 80 valence electrons. The van der Waals surface area contributed by atoms with Crippen LogP contribution in [0, 0.1) is 0 Å². The zero-order valence-corrected chi connectivity index (χ0v) is 8.12. The predicted molar refractivity (Wildman–Crippen MR) is 46.7 cm³/mol. The second-order valence-corrected chi connectivity index (χ2v) is 2.99. The van der Waals surface area contributed by atoms with Gasteiger partial charge in [0.05, 0.1) is 6.54 Å². The van der Waals surface area contributed by atoms with Crippen LogP contribution in [0.1, 0.15) is 13.3 Å². The van der Waals surface area contributed by atoms with E-state index in [2.05, 4.69) is 5.32 Å². The van der Waals surface area contributed by atoms with Gasteiger partial charge in [-0.25, -0.2) is 0 Å². The van der Waals surface area contributed by atoms with Gasteiger partial charge in [-0.2, -0.15) is 13.2 Å². The molecule has 0 fully saturated rings. The highest BCUT2D eigenvalue weighted by molar-refractivity contribution is 4.63. The maximum atomic E-state index is 12.0. The molecule has 0 aliphatic rings. The Balaban J connectivity index is 3.79. The molecule has 5 heteroatoms. The number of hydrogen-bond acceptors (Lipinski definition) is 2. The van der Waals surface area contributed by atoms with E-state index >= 15 is 0 Å². The van der Waals surface area contributed by atoms with Gasteiger partial charge in [0, 0.05) is 13.1 Å². The van der Waals surface area contributed by atoms with Crippen molar-refractivity contribution in [1.82, 2.24) is 10.2 Å². The van der Waals surface area contributed by atoms with Gasteiger partial charge in [-0.05, 0) is 20.0 Å². The molecular weight excluding hydrogens is 181 g/mol. The van der Waals surface area contributed by atoms with Crippen LogP contribution in [-0.4, -0.2) is 44.3 Å². The number of likely N-dealkylation sites (N-methyl/N-ethyl adjacent to an activating group) is 1. The molecule has 0 aromatic carbocycles. The van der Waals surface area contributed by atoms with Crippen LogP contribution in [0.5, 0.6) is 0 Å². The van der Waals surface area contributed by atoms with E-state index in [4.69, 9.17) is 0 Å². The molecule has 0 amide bonds. The number of halogens is 3. The Morgan fingerprint density at radius 2 is 1.85 bits per heavy atom. The molecule has 0 rings (SSSR count). The minimum atomic E-state index is -4.08. The molecule has 13 heavy (non-hydrogen) atoms. The monoisotopic (exact) mass is 198 g/mol. The Morgan fingerprint density at radius 3 is 2.23 bits per heavy atom. The Labute approximate surface area is 77.1 Å². The van der Waals surface area contributed by atoms with Crippen LogP contribution in [0.25, 0.3) is 0 Å². The number of alkyl halides is 3. The lowest BCUT2D eigenvalue weighted by Crippen LogP contribution is -2.38. The molecule has 0 heterocycles. The van der Waals surface area contributed by atoms with Crippen molar-refractivity contribution in [2.75, 3.05) is 33.2 Å². The summed E-state index contributed by atoms with van der Waals surface area (Å²) in [7, 11) is 1.73. The molecule has 0 saturated heterocycles. The second kappa shape index (κ2) is 6.21. The molecule has 0 aliphatic carbocycles. The molecule has 0 aliphatic heterocycles. The van der Waals surface area contributed by atoms with Crippen molar-refractivity contribution in [1.29, 1.82) is 0 Å². The van der Waals surface area contributed by atoms with Gasteiger partial charge in [0.2, 0.25) is 0 Å². The quantitative estimate of drug-likeness (QED) is 0.695. The van der Waals surface area contributed by atoms with E-state index in [0.717, 1.165) is 6.42 Å². The minimum absolute atomic E-state index is 0.448. The third-order valence-electron chi connectivity index (χ3n) is 1.62. The van der Waals surface area contributed by atoms with Crippen LogP contribution in [0.3, 0.4) is 0 Å². The molecule has 0 atom stereocenters. The molecule has 0 bridgehead atoms. The smallest absolute Gasteiger partial charge is 0.318 e. The standard InChI is InChI=1S/C8H17F3N2/c1-3-5-13(6-4-12-2)7-8(9,10)11/h12H,3-7H2,1-2H3. The van der Waals surface area contributed by atoms with E-state index in [-0.39, 0.29) is 0 Å². The average Bonchev–Trinajstić information content (AvgIpc) is 1.98. The number of hydrogen-bond donors (Lipinski definition) is 1. The molecule has 0 radical (unpaired) electrons. The van der Waals surface area contributed by atoms with Crippen LogP contribution in [0.15, 0.2) is 0 Å². The first-order valence-corrected chi connectivity index (χ1v) is 4.43. The molecule has 0 spiro atoms. The summed E-state index contributed by atoms with van der Waals surface area (Å²) in [4.78, 5) is 1.41. The van der Waals surface area contributed by atoms with Crippen molar-refractivity contribution < 1.29 is 13.2 Å². The van der Waals surface area contributed by atoms with Gasteiger partial charge in [0.25, 0.3) is 0 Å². The normalized spacial score (nSPS) is 12.5. The number of nitrogens with one attached hydrogen (secondary N) is 1.